The Morgan fingerprint density at radius 1 is 1.30 bits per heavy atom. The second-order valence-electron chi connectivity index (χ2n) is 7.69. The summed E-state index contributed by atoms with van der Waals surface area (Å²) >= 11 is 1.45. The Morgan fingerprint density at radius 2 is 2.07 bits per heavy atom. The van der Waals surface area contributed by atoms with E-state index in [1.165, 1.54) is 11.3 Å². The minimum absolute atomic E-state index is 0.0167. The van der Waals surface area contributed by atoms with E-state index in [2.05, 4.69) is 15.5 Å². The maximum Gasteiger partial charge on any atom is 0.248 e. The molecule has 4 nitrogen and oxygen atoms in total. The maximum absolute atomic E-state index is 13.3. The molecule has 0 bridgehead atoms. The van der Waals surface area contributed by atoms with Gasteiger partial charge in [-0.3, -0.25) is 4.79 Å². The van der Waals surface area contributed by atoms with Crippen LogP contribution in [0.1, 0.15) is 64.0 Å². The van der Waals surface area contributed by atoms with Crippen molar-refractivity contribution in [1.82, 2.24) is 15.5 Å². The number of carbonyl (C=O) groups excluding carboxylic acids is 1. The van der Waals surface area contributed by atoms with Crippen LogP contribution in [0.15, 0.2) is 24.3 Å². The van der Waals surface area contributed by atoms with Gasteiger partial charge in [0.2, 0.25) is 5.92 Å². The van der Waals surface area contributed by atoms with Crippen LogP contribution in [0.25, 0.3) is 0 Å². The Balaban J connectivity index is 1.34. The molecule has 4 rings (SSSR count). The van der Waals surface area contributed by atoms with E-state index in [4.69, 9.17) is 0 Å². The summed E-state index contributed by atoms with van der Waals surface area (Å²) in [6, 6.07) is 8.30. The molecule has 1 aromatic heterocycles. The molecule has 2 fully saturated rings. The lowest BCUT2D eigenvalue weighted by atomic mass is 9.92. The van der Waals surface area contributed by atoms with Gasteiger partial charge in [-0.25, -0.2) is 8.78 Å². The van der Waals surface area contributed by atoms with Crippen molar-refractivity contribution in [1.29, 1.82) is 0 Å². The van der Waals surface area contributed by atoms with Gasteiger partial charge in [0.05, 0.1) is 6.42 Å². The first-order chi connectivity index (χ1) is 12.9. The molecule has 2 aliphatic rings. The van der Waals surface area contributed by atoms with Crippen LogP contribution in [0.3, 0.4) is 0 Å². The number of ketones is 1. The van der Waals surface area contributed by atoms with Crippen LogP contribution in [0.2, 0.25) is 0 Å². The van der Waals surface area contributed by atoms with Crippen LogP contribution in [0.5, 0.6) is 0 Å². The standard InChI is InChI=1S/C20H23F2N3OS/c1-12-24-25-19(27-12)11-18(26)14-4-2-3-13(9-14)16-10-17(16)23-15-5-7-20(21,22)8-6-15/h2-4,9,15-17,23H,5-8,10-11H2,1H3. The third-order valence-corrected chi connectivity index (χ3v) is 6.31. The van der Waals surface area contributed by atoms with Gasteiger partial charge < -0.3 is 5.32 Å². The van der Waals surface area contributed by atoms with Gasteiger partial charge in [-0.1, -0.05) is 18.2 Å². The number of nitrogens with one attached hydrogen (secondary N) is 1. The van der Waals surface area contributed by atoms with Crippen molar-refractivity contribution in [3.05, 3.63) is 45.4 Å². The molecular formula is C20H23F2N3OS. The molecule has 0 saturated heterocycles. The third-order valence-electron chi connectivity index (χ3n) is 5.47. The molecule has 2 aromatic rings. The van der Waals surface area contributed by atoms with E-state index in [1.807, 2.05) is 31.2 Å². The quantitative estimate of drug-likeness (QED) is 0.746. The highest BCUT2D eigenvalue weighted by atomic mass is 32.1. The summed E-state index contributed by atoms with van der Waals surface area (Å²) in [5, 5.41) is 13.1. The highest BCUT2D eigenvalue weighted by molar-refractivity contribution is 7.11. The number of hydrogen-bond donors (Lipinski definition) is 1. The van der Waals surface area contributed by atoms with E-state index in [0.29, 0.717) is 30.4 Å². The second kappa shape index (κ2) is 7.36. The summed E-state index contributed by atoms with van der Waals surface area (Å²) in [5.41, 5.74) is 1.84. The van der Waals surface area contributed by atoms with Gasteiger partial charge in [-0.2, -0.15) is 0 Å². The predicted molar refractivity (Wildman–Crippen MR) is 101 cm³/mol. The molecule has 1 N–H and O–H groups in total. The van der Waals surface area contributed by atoms with Gasteiger partial charge in [0, 0.05) is 36.4 Å². The van der Waals surface area contributed by atoms with Gasteiger partial charge in [0.25, 0.3) is 0 Å². The third kappa shape index (κ3) is 4.58. The van der Waals surface area contributed by atoms with Crippen molar-refractivity contribution in [3.8, 4) is 0 Å². The largest absolute Gasteiger partial charge is 0.311 e. The van der Waals surface area contributed by atoms with Crippen molar-refractivity contribution >= 4 is 17.1 Å². The van der Waals surface area contributed by atoms with Crippen LogP contribution < -0.4 is 5.32 Å². The van der Waals surface area contributed by atoms with Gasteiger partial charge in [-0.05, 0) is 37.8 Å². The molecule has 144 valence electrons. The zero-order chi connectivity index (χ0) is 19.0. The monoisotopic (exact) mass is 391 g/mol. The zero-order valence-corrected chi connectivity index (χ0v) is 16.1. The fraction of sp³-hybridized carbons (Fsp3) is 0.550. The summed E-state index contributed by atoms with van der Waals surface area (Å²) in [6.45, 7) is 1.87. The maximum atomic E-state index is 13.3. The molecule has 7 heteroatoms. The van der Waals surface area contributed by atoms with Crippen LogP contribution in [-0.2, 0) is 6.42 Å². The molecule has 0 amide bonds. The van der Waals surface area contributed by atoms with Crippen molar-refractivity contribution in [2.75, 3.05) is 0 Å². The summed E-state index contributed by atoms with van der Waals surface area (Å²) in [5.74, 6) is -2.07. The van der Waals surface area contributed by atoms with Gasteiger partial charge in [0.1, 0.15) is 10.0 Å². The average molecular weight is 391 g/mol. The van der Waals surface area contributed by atoms with E-state index in [9.17, 15) is 13.6 Å². The number of halogens is 2. The molecule has 2 aliphatic carbocycles. The molecule has 2 saturated carbocycles. The lowest BCUT2D eigenvalue weighted by Gasteiger charge is -2.29. The predicted octanol–water partition coefficient (Wildman–Crippen LogP) is 4.30. The lowest BCUT2D eigenvalue weighted by molar-refractivity contribution is -0.0405. The molecular weight excluding hydrogens is 368 g/mol. The van der Waals surface area contributed by atoms with Crippen molar-refractivity contribution in [3.63, 3.8) is 0 Å². The topological polar surface area (TPSA) is 54.9 Å². The first-order valence-electron chi connectivity index (χ1n) is 9.46. The molecule has 27 heavy (non-hydrogen) atoms. The van der Waals surface area contributed by atoms with Crippen molar-refractivity contribution < 1.29 is 13.6 Å². The van der Waals surface area contributed by atoms with E-state index in [1.54, 1.807) is 0 Å². The second-order valence-corrected chi connectivity index (χ2v) is 8.95. The number of carbonyl (C=O) groups is 1. The Kier molecular flexibility index (Phi) is 5.07. The average Bonchev–Trinajstić information content (AvgIpc) is 3.29. The first-order valence-corrected chi connectivity index (χ1v) is 10.3. The van der Waals surface area contributed by atoms with Crippen LogP contribution in [0, 0.1) is 6.92 Å². The van der Waals surface area contributed by atoms with E-state index < -0.39 is 5.92 Å². The number of hydrogen-bond acceptors (Lipinski definition) is 5. The highest BCUT2D eigenvalue weighted by Gasteiger charge is 2.42. The van der Waals surface area contributed by atoms with E-state index in [0.717, 1.165) is 22.0 Å². The zero-order valence-electron chi connectivity index (χ0n) is 15.3. The molecule has 1 aromatic carbocycles. The van der Waals surface area contributed by atoms with Crippen LogP contribution >= 0.6 is 11.3 Å². The minimum Gasteiger partial charge on any atom is -0.311 e. The molecule has 2 unspecified atom stereocenters. The highest BCUT2D eigenvalue weighted by Crippen LogP contribution is 2.43. The first kappa shape index (κ1) is 18.6. The molecule has 0 spiro atoms. The molecule has 2 atom stereocenters. The number of alkyl halides is 2. The number of benzene rings is 1. The van der Waals surface area contributed by atoms with E-state index in [-0.39, 0.29) is 31.1 Å². The van der Waals surface area contributed by atoms with Gasteiger partial charge in [-0.15, -0.1) is 21.5 Å². The Bertz CT molecular complexity index is 828. The Hall–Kier alpha value is -1.73. The molecule has 1 heterocycles. The number of rotatable bonds is 6. The molecule has 0 aliphatic heterocycles. The lowest BCUT2D eigenvalue weighted by Crippen LogP contribution is -2.38. The normalized spacial score (nSPS) is 24.7. The van der Waals surface area contributed by atoms with Crippen LogP contribution in [-0.4, -0.2) is 34.0 Å². The van der Waals surface area contributed by atoms with Gasteiger partial charge >= 0.3 is 0 Å². The number of aromatic nitrogens is 2. The van der Waals surface area contributed by atoms with Gasteiger partial charge in [0.15, 0.2) is 5.78 Å². The Morgan fingerprint density at radius 3 is 2.78 bits per heavy atom. The SMILES string of the molecule is Cc1nnc(CC(=O)c2cccc(C3CC3NC3CCC(F)(F)CC3)c2)s1. The summed E-state index contributed by atoms with van der Waals surface area (Å²) in [6.07, 6.45) is 2.32. The minimum atomic E-state index is -2.48. The fourth-order valence-electron chi connectivity index (χ4n) is 3.85. The summed E-state index contributed by atoms with van der Waals surface area (Å²) in [4.78, 5) is 12.5. The Labute approximate surface area is 161 Å². The number of Topliss-reactive ketones (excluding diaryl/α,β-unsaturated/α-hetero) is 1. The number of nitrogens with zero attached hydrogens (tertiary/aromatic N) is 2. The summed E-state index contributed by atoms with van der Waals surface area (Å²) < 4.78 is 26.6. The van der Waals surface area contributed by atoms with Crippen LogP contribution in [0.4, 0.5) is 8.78 Å². The fourth-order valence-corrected chi connectivity index (χ4v) is 4.56. The summed E-state index contributed by atoms with van der Waals surface area (Å²) in [7, 11) is 0. The van der Waals surface area contributed by atoms with Crippen molar-refractivity contribution in [2.45, 2.75) is 69.4 Å². The number of aryl methyl sites for hydroxylation is 1. The molecule has 0 radical (unpaired) electrons. The smallest absolute Gasteiger partial charge is 0.248 e. The van der Waals surface area contributed by atoms with Crippen molar-refractivity contribution in [2.24, 2.45) is 0 Å². The van der Waals surface area contributed by atoms with E-state index >= 15 is 0 Å².